The van der Waals surface area contributed by atoms with E-state index in [4.69, 9.17) is 30.2 Å². The van der Waals surface area contributed by atoms with Crippen LogP contribution >= 0.6 is 15.9 Å². The first-order valence-electron chi connectivity index (χ1n) is 22.2. The molecule has 5 heterocycles. The highest BCUT2D eigenvalue weighted by Crippen LogP contribution is 2.37. The number of aromatic nitrogens is 2. The van der Waals surface area contributed by atoms with Crippen molar-refractivity contribution in [2.45, 2.75) is 64.6 Å². The van der Waals surface area contributed by atoms with E-state index < -0.39 is 0 Å². The number of nitrogen functional groups attached to an aromatic ring is 2. The first-order chi connectivity index (χ1) is 31.6. The van der Waals surface area contributed by atoms with Gasteiger partial charge in [-0.3, -0.25) is 9.59 Å². The highest BCUT2D eigenvalue weighted by atomic mass is 79.9. The van der Waals surface area contributed by atoms with Crippen LogP contribution < -0.4 is 36.2 Å². The summed E-state index contributed by atoms with van der Waals surface area (Å²) >= 11 is 3.24. The predicted molar refractivity (Wildman–Crippen MR) is 267 cm³/mol. The van der Waals surface area contributed by atoms with E-state index in [0.29, 0.717) is 11.6 Å². The zero-order valence-corrected chi connectivity index (χ0v) is 40.0. The molecule has 6 aromatic rings. The van der Waals surface area contributed by atoms with Gasteiger partial charge in [0.2, 0.25) is 11.8 Å². The maximum Gasteiger partial charge on any atom is 0.494 e. The second kappa shape index (κ2) is 21.0. The smallest absolute Gasteiger partial charge is 0.494 e. The van der Waals surface area contributed by atoms with Crippen molar-refractivity contribution in [2.24, 2.45) is 11.8 Å². The summed E-state index contributed by atoms with van der Waals surface area (Å²) < 4.78 is 23.8. The first kappa shape index (κ1) is 47.7. The van der Waals surface area contributed by atoms with Gasteiger partial charge in [0.1, 0.15) is 23.1 Å². The number of carbonyl (C=O) groups excluding carboxylic acids is 2. The van der Waals surface area contributed by atoms with E-state index in [1.807, 2.05) is 147 Å². The lowest BCUT2D eigenvalue weighted by atomic mass is 9.79. The van der Waals surface area contributed by atoms with Crippen molar-refractivity contribution in [1.82, 2.24) is 9.97 Å². The quantitative estimate of drug-likeness (QED) is 0.127. The van der Waals surface area contributed by atoms with E-state index in [2.05, 4.69) is 32.0 Å². The number of nitrogens with two attached hydrogens (primary N) is 2. The van der Waals surface area contributed by atoms with Crippen LogP contribution in [-0.2, 0) is 31.7 Å². The van der Waals surface area contributed by atoms with E-state index in [9.17, 15) is 9.59 Å². The number of ether oxygens (including phenoxy) is 2. The van der Waals surface area contributed by atoms with E-state index >= 15 is 0 Å². The number of rotatable bonds is 10. The topological polar surface area (TPSA) is 155 Å². The SMILES string of the molecule is COc1cccc(CC2CCN(c3ccc(-c4ccnc(N)c4)cc3)C2=O)c1.COc1cccc(CC2CCN(c3ccc(B4OC(C)(C)C(C)(C)O4)cc3)C2=O)c1.Nc1cc(Br)ccn1. The molecule has 0 saturated carbocycles. The predicted octanol–water partition coefficient (Wildman–Crippen LogP) is 8.95. The molecule has 0 spiro atoms. The summed E-state index contributed by atoms with van der Waals surface area (Å²) in [6, 6.07) is 39.3. The molecule has 12 nitrogen and oxygen atoms in total. The van der Waals surface area contributed by atoms with Gasteiger partial charge in [-0.05, 0) is 154 Å². The van der Waals surface area contributed by atoms with Gasteiger partial charge in [-0.15, -0.1) is 0 Å². The summed E-state index contributed by atoms with van der Waals surface area (Å²) in [6.07, 6.45) is 6.54. The Morgan fingerprint density at radius 3 is 1.55 bits per heavy atom. The Morgan fingerprint density at radius 2 is 1.11 bits per heavy atom. The second-order valence-corrected chi connectivity index (χ2v) is 18.6. The molecule has 2 atom stereocenters. The van der Waals surface area contributed by atoms with Gasteiger partial charge in [0.15, 0.2) is 0 Å². The first-order valence-corrected chi connectivity index (χ1v) is 23.0. The van der Waals surface area contributed by atoms with Crippen LogP contribution in [-0.4, -0.2) is 67.4 Å². The molecular weight excluding hydrogens is 895 g/mol. The molecule has 4 aromatic carbocycles. The maximum absolute atomic E-state index is 13.0. The highest BCUT2D eigenvalue weighted by Gasteiger charge is 2.51. The summed E-state index contributed by atoms with van der Waals surface area (Å²) in [5.41, 5.74) is 17.5. The lowest BCUT2D eigenvalue weighted by molar-refractivity contribution is -0.121. The van der Waals surface area contributed by atoms with Crippen LogP contribution in [0.2, 0.25) is 0 Å². The van der Waals surface area contributed by atoms with Gasteiger partial charge in [-0.25, -0.2) is 9.97 Å². The highest BCUT2D eigenvalue weighted by molar-refractivity contribution is 9.10. The normalized spacial score (nSPS) is 18.3. The minimum Gasteiger partial charge on any atom is -0.497 e. The molecule has 3 aliphatic heterocycles. The molecule has 2 amide bonds. The van der Waals surface area contributed by atoms with E-state index in [0.717, 1.165) is 93.8 Å². The largest absolute Gasteiger partial charge is 0.497 e. The lowest BCUT2D eigenvalue weighted by Gasteiger charge is -2.32. The van der Waals surface area contributed by atoms with Crippen molar-refractivity contribution >= 4 is 63.3 Å². The van der Waals surface area contributed by atoms with E-state index in [1.165, 1.54) is 0 Å². The van der Waals surface area contributed by atoms with Crippen LogP contribution in [0.4, 0.5) is 23.0 Å². The van der Waals surface area contributed by atoms with Gasteiger partial charge < -0.3 is 40.0 Å². The molecule has 0 radical (unpaired) electrons. The number of hydrogen-bond acceptors (Lipinski definition) is 10. The number of nitrogens with zero attached hydrogens (tertiary/aromatic N) is 4. The van der Waals surface area contributed by atoms with Crippen LogP contribution in [0.25, 0.3) is 11.1 Å². The molecule has 9 rings (SSSR count). The number of amides is 2. The molecule has 66 heavy (non-hydrogen) atoms. The summed E-state index contributed by atoms with van der Waals surface area (Å²) in [5, 5.41) is 0. The minimum atomic E-state index is -0.390. The van der Waals surface area contributed by atoms with E-state index in [-0.39, 0.29) is 42.0 Å². The third kappa shape index (κ3) is 11.6. The summed E-state index contributed by atoms with van der Waals surface area (Å²) in [5.74, 6) is 3.06. The number of methoxy groups -OCH3 is 2. The van der Waals surface area contributed by atoms with E-state index in [1.54, 1.807) is 32.7 Å². The van der Waals surface area contributed by atoms with Crippen molar-refractivity contribution in [3.8, 4) is 22.6 Å². The zero-order chi connectivity index (χ0) is 47.0. The number of benzene rings is 4. The maximum atomic E-state index is 13.0. The Morgan fingerprint density at radius 1 is 0.636 bits per heavy atom. The van der Waals surface area contributed by atoms with Gasteiger partial charge in [-0.1, -0.05) is 64.5 Å². The van der Waals surface area contributed by atoms with Gasteiger partial charge in [-0.2, -0.15) is 0 Å². The average molecular weight is 954 g/mol. The fraction of sp³-hybridized carbons (Fsp3) is 0.308. The Balaban J connectivity index is 0.000000168. The Labute approximate surface area is 396 Å². The van der Waals surface area contributed by atoms with Gasteiger partial charge >= 0.3 is 7.12 Å². The van der Waals surface area contributed by atoms with Crippen LogP contribution in [0.5, 0.6) is 11.5 Å². The average Bonchev–Trinajstić information content (AvgIpc) is 3.93. The fourth-order valence-electron chi connectivity index (χ4n) is 8.21. The van der Waals surface area contributed by atoms with Gasteiger partial charge in [0.05, 0.1) is 25.4 Å². The van der Waals surface area contributed by atoms with Crippen LogP contribution in [0, 0.1) is 11.8 Å². The number of hydrogen-bond donors (Lipinski definition) is 2. The van der Waals surface area contributed by atoms with Crippen LogP contribution in [0.15, 0.2) is 138 Å². The van der Waals surface area contributed by atoms with Crippen molar-refractivity contribution in [1.29, 1.82) is 0 Å². The molecule has 4 N–H and O–H groups in total. The van der Waals surface area contributed by atoms with Gasteiger partial charge in [0, 0.05) is 53.2 Å². The molecule has 3 fully saturated rings. The molecule has 2 aromatic heterocycles. The third-order valence-corrected chi connectivity index (χ3v) is 13.1. The number of halogens is 1. The lowest BCUT2D eigenvalue weighted by Crippen LogP contribution is -2.41. The number of pyridine rings is 2. The van der Waals surface area contributed by atoms with Crippen LogP contribution in [0.3, 0.4) is 0 Å². The van der Waals surface area contributed by atoms with Crippen molar-refractivity contribution in [3.63, 3.8) is 0 Å². The van der Waals surface area contributed by atoms with Gasteiger partial charge in [0.25, 0.3) is 0 Å². The molecule has 0 bridgehead atoms. The summed E-state index contributed by atoms with van der Waals surface area (Å²) in [6.45, 7) is 9.68. The Kier molecular flexibility index (Phi) is 15.2. The van der Waals surface area contributed by atoms with Crippen LogP contribution in [0.1, 0.15) is 51.7 Å². The summed E-state index contributed by atoms with van der Waals surface area (Å²) in [7, 11) is 2.93. The zero-order valence-electron chi connectivity index (χ0n) is 38.4. The van der Waals surface area contributed by atoms with Crippen molar-refractivity contribution in [3.05, 3.63) is 149 Å². The number of carbonyl (C=O) groups is 2. The summed E-state index contributed by atoms with van der Waals surface area (Å²) in [4.78, 5) is 37.5. The third-order valence-electron chi connectivity index (χ3n) is 12.6. The fourth-order valence-corrected chi connectivity index (χ4v) is 8.56. The molecule has 3 saturated heterocycles. The Bertz CT molecular complexity index is 2580. The number of anilines is 4. The molecule has 0 aliphatic carbocycles. The molecule has 2 unspecified atom stereocenters. The monoisotopic (exact) mass is 952 g/mol. The second-order valence-electron chi connectivity index (χ2n) is 17.7. The molecule has 14 heteroatoms. The molecular formula is C52H58BBrN6O6. The van der Waals surface area contributed by atoms with Crippen molar-refractivity contribution in [2.75, 3.05) is 48.6 Å². The molecule has 342 valence electrons. The Hall–Kier alpha value is -6.22. The molecule has 3 aliphatic rings. The standard InChI is InChI=1S/C24H30BNO4.C23H23N3O2.C5H5BrN2/c1-23(2)24(3,4)30-25(29-23)19-9-11-20(12-10-19)26-14-13-18(22(26)27)15-17-7-6-8-21(16-17)28-5;1-28-21-4-2-3-16(14-21)13-19-10-12-26(23(19)27)20-7-5-17(6-8-20)18-9-11-25-22(24)15-18;6-4-1-2-8-5(7)3-4/h6-12,16,18H,13-15H2,1-5H3;2-9,11,14-15,19H,10,12-13H2,1H3,(H2,24,25);1-3H,(H2,7,8). The van der Waals surface area contributed by atoms with Crippen molar-refractivity contribution < 1.29 is 28.4 Å². The minimum absolute atomic E-state index is 0.000111.